The Morgan fingerprint density at radius 2 is 2.20 bits per heavy atom. The van der Waals surface area contributed by atoms with E-state index >= 15 is 0 Å². The fourth-order valence-electron chi connectivity index (χ4n) is 1.55. The maximum Gasteiger partial charge on any atom is 0.326 e. The Bertz CT molecular complexity index is 554. The number of carbonyl (C=O) groups is 2. The number of benzene rings is 1. The van der Waals surface area contributed by atoms with Crippen molar-refractivity contribution < 1.29 is 14.7 Å². The van der Waals surface area contributed by atoms with Crippen molar-refractivity contribution in [2.45, 2.75) is 25.8 Å². The van der Waals surface area contributed by atoms with Crippen LogP contribution in [-0.4, -0.2) is 23.1 Å². The third kappa shape index (κ3) is 4.44. The van der Waals surface area contributed by atoms with E-state index in [0.717, 1.165) is 0 Å². The van der Waals surface area contributed by atoms with Gasteiger partial charge in [-0.25, -0.2) is 9.59 Å². The van der Waals surface area contributed by atoms with E-state index in [1.165, 1.54) is 18.2 Å². The van der Waals surface area contributed by atoms with Crippen LogP contribution in [0, 0.1) is 11.3 Å². The highest BCUT2D eigenvalue weighted by Crippen LogP contribution is 2.22. The van der Waals surface area contributed by atoms with Crippen LogP contribution >= 0.6 is 11.6 Å². The Morgan fingerprint density at radius 1 is 1.50 bits per heavy atom. The molecule has 0 unspecified atom stereocenters. The van der Waals surface area contributed by atoms with E-state index in [-0.39, 0.29) is 5.02 Å². The lowest BCUT2D eigenvalue weighted by Crippen LogP contribution is -2.42. The second-order valence-corrected chi connectivity index (χ2v) is 4.49. The number of nitriles is 1. The molecule has 1 aromatic rings. The molecule has 0 saturated carbocycles. The molecule has 0 aliphatic rings. The molecule has 0 bridgehead atoms. The first kappa shape index (κ1) is 15.8. The molecule has 1 rings (SSSR count). The van der Waals surface area contributed by atoms with Crippen LogP contribution in [-0.2, 0) is 4.79 Å². The lowest BCUT2D eigenvalue weighted by atomic mass is 10.2. The summed E-state index contributed by atoms with van der Waals surface area (Å²) in [7, 11) is 0. The van der Waals surface area contributed by atoms with Gasteiger partial charge in [-0.1, -0.05) is 24.9 Å². The molecule has 2 amide bonds. The van der Waals surface area contributed by atoms with Gasteiger partial charge in [-0.15, -0.1) is 0 Å². The van der Waals surface area contributed by atoms with Gasteiger partial charge >= 0.3 is 12.0 Å². The van der Waals surface area contributed by atoms with E-state index in [2.05, 4.69) is 10.6 Å². The largest absolute Gasteiger partial charge is 0.480 e. The second-order valence-electron chi connectivity index (χ2n) is 4.08. The summed E-state index contributed by atoms with van der Waals surface area (Å²) in [5.41, 5.74) is 0.680. The number of carbonyl (C=O) groups excluding carboxylic acids is 1. The lowest BCUT2D eigenvalue weighted by Gasteiger charge is -2.14. The highest BCUT2D eigenvalue weighted by Gasteiger charge is 2.19. The Kier molecular flexibility index (Phi) is 5.81. The molecule has 106 valence electrons. The number of urea groups is 1. The van der Waals surface area contributed by atoms with Crippen LogP contribution in [0.15, 0.2) is 18.2 Å². The predicted octanol–water partition coefficient (Wildman–Crippen LogP) is 2.59. The van der Waals surface area contributed by atoms with Crippen LogP contribution in [0.4, 0.5) is 10.5 Å². The zero-order valence-electron chi connectivity index (χ0n) is 10.8. The van der Waals surface area contributed by atoms with Crippen molar-refractivity contribution in [2.24, 2.45) is 0 Å². The first-order chi connectivity index (χ1) is 9.47. The highest BCUT2D eigenvalue weighted by molar-refractivity contribution is 6.33. The number of nitrogens with one attached hydrogen (secondary N) is 2. The number of hydrogen-bond acceptors (Lipinski definition) is 3. The summed E-state index contributed by atoms with van der Waals surface area (Å²) < 4.78 is 0. The molecular weight excluding hydrogens is 282 g/mol. The van der Waals surface area contributed by atoms with Crippen molar-refractivity contribution in [3.05, 3.63) is 28.8 Å². The lowest BCUT2D eigenvalue weighted by molar-refractivity contribution is -0.139. The summed E-state index contributed by atoms with van der Waals surface area (Å²) >= 11 is 5.90. The van der Waals surface area contributed by atoms with Crippen molar-refractivity contribution in [1.29, 1.82) is 5.26 Å². The Balaban J connectivity index is 2.71. The number of nitrogens with zero attached hydrogens (tertiary/aromatic N) is 1. The van der Waals surface area contributed by atoms with Crippen molar-refractivity contribution in [2.75, 3.05) is 5.32 Å². The monoisotopic (exact) mass is 295 g/mol. The average Bonchev–Trinajstić information content (AvgIpc) is 2.40. The predicted molar refractivity (Wildman–Crippen MR) is 74.7 cm³/mol. The SMILES string of the molecule is CCC[C@H](NC(=O)Nc1ccc(C#N)cc1Cl)C(=O)O. The molecule has 0 fully saturated rings. The molecule has 0 spiro atoms. The fourth-order valence-corrected chi connectivity index (χ4v) is 1.78. The molecule has 0 saturated heterocycles. The molecule has 0 aromatic heterocycles. The number of carboxylic acid groups (broad SMARTS) is 1. The van der Waals surface area contributed by atoms with Crippen LogP contribution in [0.3, 0.4) is 0 Å². The number of hydrogen-bond donors (Lipinski definition) is 3. The molecule has 1 atom stereocenters. The van der Waals surface area contributed by atoms with Crippen molar-refractivity contribution in [3.63, 3.8) is 0 Å². The Hall–Kier alpha value is -2.26. The van der Waals surface area contributed by atoms with Gasteiger partial charge in [0.1, 0.15) is 6.04 Å². The highest BCUT2D eigenvalue weighted by atomic mass is 35.5. The number of anilines is 1. The van der Waals surface area contributed by atoms with E-state index < -0.39 is 18.0 Å². The van der Waals surface area contributed by atoms with Gasteiger partial charge in [0.15, 0.2) is 0 Å². The molecule has 7 heteroatoms. The molecule has 0 radical (unpaired) electrons. The zero-order chi connectivity index (χ0) is 15.1. The number of amides is 2. The maximum atomic E-state index is 11.7. The molecule has 0 aliphatic heterocycles. The summed E-state index contributed by atoms with van der Waals surface area (Å²) in [6.45, 7) is 1.83. The van der Waals surface area contributed by atoms with Gasteiger partial charge in [0.25, 0.3) is 0 Å². The first-order valence-corrected chi connectivity index (χ1v) is 6.35. The van der Waals surface area contributed by atoms with Gasteiger partial charge in [0.05, 0.1) is 22.3 Å². The number of rotatable bonds is 5. The van der Waals surface area contributed by atoms with Crippen LogP contribution in [0.5, 0.6) is 0 Å². The average molecular weight is 296 g/mol. The molecule has 20 heavy (non-hydrogen) atoms. The van der Waals surface area contributed by atoms with E-state index in [0.29, 0.717) is 24.1 Å². The first-order valence-electron chi connectivity index (χ1n) is 5.98. The van der Waals surface area contributed by atoms with E-state index in [9.17, 15) is 9.59 Å². The van der Waals surface area contributed by atoms with E-state index in [1.807, 2.05) is 13.0 Å². The summed E-state index contributed by atoms with van der Waals surface area (Å²) in [4.78, 5) is 22.6. The van der Waals surface area contributed by atoms with Gasteiger partial charge < -0.3 is 15.7 Å². The molecule has 0 aliphatic carbocycles. The second kappa shape index (κ2) is 7.36. The van der Waals surface area contributed by atoms with E-state index in [1.54, 1.807) is 0 Å². The van der Waals surface area contributed by atoms with Gasteiger partial charge in [-0.2, -0.15) is 5.26 Å². The molecular formula is C13H14ClN3O3. The quantitative estimate of drug-likeness (QED) is 0.777. The smallest absolute Gasteiger partial charge is 0.326 e. The summed E-state index contributed by atoms with van der Waals surface area (Å²) in [6.07, 6.45) is 0.971. The Morgan fingerprint density at radius 3 is 2.70 bits per heavy atom. The minimum Gasteiger partial charge on any atom is -0.480 e. The third-order valence-corrected chi connectivity index (χ3v) is 2.84. The van der Waals surface area contributed by atoms with E-state index in [4.69, 9.17) is 22.0 Å². The van der Waals surface area contributed by atoms with Crippen molar-refractivity contribution in [3.8, 4) is 6.07 Å². The molecule has 1 aromatic carbocycles. The molecule has 0 heterocycles. The number of carboxylic acids is 1. The van der Waals surface area contributed by atoms with Crippen LogP contribution in [0.25, 0.3) is 0 Å². The molecule has 3 N–H and O–H groups in total. The normalized spacial score (nSPS) is 11.2. The van der Waals surface area contributed by atoms with Gasteiger partial charge in [-0.3, -0.25) is 0 Å². The zero-order valence-corrected chi connectivity index (χ0v) is 11.6. The minimum absolute atomic E-state index is 0.210. The van der Waals surface area contributed by atoms with Crippen LogP contribution in [0.1, 0.15) is 25.3 Å². The Labute approximate surface area is 121 Å². The fraction of sp³-hybridized carbons (Fsp3) is 0.308. The molecule has 6 nitrogen and oxygen atoms in total. The summed E-state index contributed by atoms with van der Waals surface area (Å²) in [5, 5.41) is 22.6. The third-order valence-electron chi connectivity index (χ3n) is 2.53. The number of aliphatic carboxylic acids is 1. The van der Waals surface area contributed by atoms with Crippen LogP contribution < -0.4 is 10.6 Å². The van der Waals surface area contributed by atoms with Crippen molar-refractivity contribution >= 4 is 29.3 Å². The van der Waals surface area contributed by atoms with Gasteiger partial charge in [0.2, 0.25) is 0 Å². The van der Waals surface area contributed by atoms with Gasteiger partial charge in [-0.05, 0) is 24.6 Å². The number of halogens is 1. The minimum atomic E-state index is -1.09. The maximum absolute atomic E-state index is 11.7. The van der Waals surface area contributed by atoms with Crippen LogP contribution in [0.2, 0.25) is 5.02 Å². The van der Waals surface area contributed by atoms with Gasteiger partial charge in [0, 0.05) is 0 Å². The summed E-state index contributed by atoms with van der Waals surface area (Å²) in [5.74, 6) is -1.09. The standard InChI is InChI=1S/C13H14ClN3O3/c1-2-3-11(12(18)19)17-13(20)16-10-5-4-8(7-15)6-9(10)14/h4-6,11H,2-3H2,1H3,(H,18,19)(H2,16,17,20)/t11-/m0/s1. The topological polar surface area (TPSA) is 102 Å². The summed E-state index contributed by atoms with van der Waals surface area (Å²) in [6, 6.07) is 4.72. The van der Waals surface area contributed by atoms with Crippen molar-refractivity contribution in [1.82, 2.24) is 5.32 Å².